The summed E-state index contributed by atoms with van der Waals surface area (Å²) in [4.78, 5) is 26.0. The SMILES string of the molecule is COC(=O)c1ccccc1CC(=O)N(C)CCOc1ccccc1C(C)C. The minimum Gasteiger partial charge on any atom is -0.491 e. The zero-order valence-electron chi connectivity index (χ0n) is 16.4. The van der Waals surface area contributed by atoms with Crippen LogP contribution in [0.15, 0.2) is 48.5 Å². The molecule has 0 unspecified atom stereocenters. The number of ether oxygens (including phenoxy) is 2. The van der Waals surface area contributed by atoms with Crippen LogP contribution in [0, 0.1) is 0 Å². The molecule has 0 aromatic heterocycles. The van der Waals surface area contributed by atoms with E-state index >= 15 is 0 Å². The molecule has 0 aliphatic rings. The fourth-order valence-electron chi connectivity index (χ4n) is 2.79. The number of methoxy groups -OCH3 is 1. The fourth-order valence-corrected chi connectivity index (χ4v) is 2.79. The van der Waals surface area contributed by atoms with E-state index in [1.54, 1.807) is 36.2 Å². The van der Waals surface area contributed by atoms with Crippen LogP contribution in [0.2, 0.25) is 0 Å². The molecule has 144 valence electrons. The second-order valence-corrected chi connectivity index (χ2v) is 6.68. The van der Waals surface area contributed by atoms with Crippen molar-refractivity contribution in [2.24, 2.45) is 0 Å². The third-order valence-corrected chi connectivity index (χ3v) is 4.42. The molecule has 2 aromatic carbocycles. The minimum absolute atomic E-state index is 0.0768. The number of rotatable bonds is 8. The first-order valence-electron chi connectivity index (χ1n) is 9.06. The average molecular weight is 369 g/mol. The summed E-state index contributed by atoms with van der Waals surface area (Å²) in [5.74, 6) is 0.710. The zero-order chi connectivity index (χ0) is 19.8. The van der Waals surface area contributed by atoms with E-state index < -0.39 is 5.97 Å². The van der Waals surface area contributed by atoms with Gasteiger partial charge in [0.05, 0.1) is 25.6 Å². The maximum absolute atomic E-state index is 12.5. The quantitative estimate of drug-likeness (QED) is 0.666. The summed E-state index contributed by atoms with van der Waals surface area (Å²) in [6.07, 6.45) is 0.143. The monoisotopic (exact) mass is 369 g/mol. The molecule has 1 amide bonds. The Hall–Kier alpha value is -2.82. The van der Waals surface area contributed by atoms with E-state index in [1.807, 2.05) is 18.2 Å². The van der Waals surface area contributed by atoms with Crippen LogP contribution in [0.25, 0.3) is 0 Å². The molecule has 0 heterocycles. The van der Waals surface area contributed by atoms with Gasteiger partial charge >= 0.3 is 5.97 Å². The molecule has 0 fully saturated rings. The lowest BCUT2D eigenvalue weighted by Crippen LogP contribution is -2.32. The van der Waals surface area contributed by atoms with Gasteiger partial charge in [-0.25, -0.2) is 4.79 Å². The lowest BCUT2D eigenvalue weighted by Gasteiger charge is -2.19. The summed E-state index contributed by atoms with van der Waals surface area (Å²) in [6, 6.07) is 14.9. The number of hydrogen-bond donors (Lipinski definition) is 0. The van der Waals surface area contributed by atoms with Crippen LogP contribution >= 0.6 is 0 Å². The summed E-state index contributed by atoms with van der Waals surface area (Å²) >= 11 is 0. The standard InChI is InChI=1S/C22H27NO4/c1-16(2)18-10-7-8-12-20(18)27-14-13-23(3)21(24)15-17-9-5-6-11-19(17)22(25)26-4/h5-12,16H,13-15H2,1-4H3. The van der Waals surface area contributed by atoms with E-state index in [1.165, 1.54) is 7.11 Å². The van der Waals surface area contributed by atoms with Crippen molar-refractivity contribution >= 4 is 11.9 Å². The van der Waals surface area contributed by atoms with E-state index in [0.29, 0.717) is 30.2 Å². The predicted octanol–water partition coefficient (Wildman–Crippen LogP) is 3.68. The predicted molar refractivity (Wildman–Crippen MR) is 105 cm³/mol. The van der Waals surface area contributed by atoms with Crippen molar-refractivity contribution in [2.75, 3.05) is 27.3 Å². The van der Waals surface area contributed by atoms with E-state index in [9.17, 15) is 9.59 Å². The maximum atomic E-state index is 12.5. The van der Waals surface area contributed by atoms with Gasteiger partial charge in [0.2, 0.25) is 5.91 Å². The van der Waals surface area contributed by atoms with Crippen LogP contribution in [-0.2, 0) is 16.0 Å². The largest absolute Gasteiger partial charge is 0.491 e. The Balaban J connectivity index is 1.93. The van der Waals surface area contributed by atoms with Gasteiger partial charge in [0.15, 0.2) is 0 Å². The maximum Gasteiger partial charge on any atom is 0.338 e. The number of amides is 1. The zero-order valence-corrected chi connectivity index (χ0v) is 16.4. The number of para-hydroxylation sites is 1. The molecule has 0 radical (unpaired) electrons. The van der Waals surface area contributed by atoms with Gasteiger partial charge in [-0.2, -0.15) is 0 Å². The Bertz CT molecular complexity index is 785. The van der Waals surface area contributed by atoms with Crippen molar-refractivity contribution in [1.82, 2.24) is 4.90 Å². The Kier molecular flexibility index (Phi) is 7.41. The van der Waals surface area contributed by atoms with Gasteiger partial charge in [-0.15, -0.1) is 0 Å². The van der Waals surface area contributed by atoms with Gasteiger partial charge in [-0.05, 0) is 29.2 Å². The van der Waals surface area contributed by atoms with Crippen molar-refractivity contribution in [3.63, 3.8) is 0 Å². The van der Waals surface area contributed by atoms with Gasteiger partial charge in [0.1, 0.15) is 12.4 Å². The number of hydrogen-bond acceptors (Lipinski definition) is 4. The van der Waals surface area contributed by atoms with Crippen LogP contribution in [0.1, 0.15) is 41.3 Å². The lowest BCUT2D eigenvalue weighted by molar-refractivity contribution is -0.129. The topological polar surface area (TPSA) is 55.8 Å². The van der Waals surface area contributed by atoms with Crippen LogP contribution in [0.4, 0.5) is 0 Å². The summed E-state index contributed by atoms with van der Waals surface area (Å²) in [7, 11) is 3.07. The van der Waals surface area contributed by atoms with E-state index in [0.717, 1.165) is 11.3 Å². The van der Waals surface area contributed by atoms with E-state index in [4.69, 9.17) is 9.47 Å². The van der Waals surface area contributed by atoms with Crippen molar-refractivity contribution in [2.45, 2.75) is 26.2 Å². The minimum atomic E-state index is -0.435. The summed E-state index contributed by atoms with van der Waals surface area (Å²) < 4.78 is 10.7. The van der Waals surface area contributed by atoms with Gasteiger partial charge in [-0.3, -0.25) is 4.79 Å². The lowest BCUT2D eigenvalue weighted by atomic mass is 10.0. The molecule has 5 nitrogen and oxygen atoms in total. The Labute approximate surface area is 160 Å². The Morgan fingerprint density at radius 3 is 2.41 bits per heavy atom. The van der Waals surface area contributed by atoms with Crippen LogP contribution < -0.4 is 4.74 Å². The number of likely N-dealkylation sites (N-methyl/N-ethyl adjacent to an activating group) is 1. The van der Waals surface area contributed by atoms with Crippen LogP contribution in [-0.4, -0.2) is 44.1 Å². The normalized spacial score (nSPS) is 10.6. The highest BCUT2D eigenvalue weighted by molar-refractivity contribution is 5.93. The molecule has 0 saturated carbocycles. The average Bonchev–Trinajstić information content (AvgIpc) is 2.67. The molecule has 0 bridgehead atoms. The molecule has 0 saturated heterocycles. The van der Waals surface area contributed by atoms with Gasteiger partial charge < -0.3 is 14.4 Å². The molecule has 0 N–H and O–H groups in total. The third kappa shape index (κ3) is 5.58. The molecule has 0 atom stereocenters. The number of benzene rings is 2. The molecule has 5 heteroatoms. The number of carbonyl (C=O) groups is 2. The Morgan fingerprint density at radius 2 is 1.70 bits per heavy atom. The van der Waals surface area contributed by atoms with Crippen LogP contribution in [0.5, 0.6) is 5.75 Å². The van der Waals surface area contributed by atoms with Crippen molar-refractivity contribution in [3.8, 4) is 5.75 Å². The molecule has 0 aliphatic carbocycles. The summed E-state index contributed by atoms with van der Waals surface area (Å²) in [5.41, 5.74) is 2.23. The molecular weight excluding hydrogens is 342 g/mol. The molecular formula is C22H27NO4. The fraction of sp³-hybridized carbons (Fsp3) is 0.364. The van der Waals surface area contributed by atoms with Crippen molar-refractivity contribution in [1.29, 1.82) is 0 Å². The molecule has 2 aromatic rings. The first-order chi connectivity index (χ1) is 12.9. The van der Waals surface area contributed by atoms with Crippen molar-refractivity contribution in [3.05, 3.63) is 65.2 Å². The number of carbonyl (C=O) groups excluding carboxylic acids is 2. The van der Waals surface area contributed by atoms with E-state index in [2.05, 4.69) is 19.9 Å². The van der Waals surface area contributed by atoms with Gasteiger partial charge in [0.25, 0.3) is 0 Å². The number of esters is 1. The third-order valence-electron chi connectivity index (χ3n) is 4.42. The molecule has 27 heavy (non-hydrogen) atoms. The van der Waals surface area contributed by atoms with E-state index in [-0.39, 0.29) is 12.3 Å². The van der Waals surface area contributed by atoms with Crippen molar-refractivity contribution < 1.29 is 19.1 Å². The molecule has 2 rings (SSSR count). The van der Waals surface area contributed by atoms with Crippen LogP contribution in [0.3, 0.4) is 0 Å². The summed E-state index contributed by atoms with van der Waals surface area (Å²) in [5, 5.41) is 0. The first-order valence-corrected chi connectivity index (χ1v) is 9.06. The molecule has 0 spiro atoms. The van der Waals surface area contributed by atoms with Gasteiger partial charge in [0, 0.05) is 7.05 Å². The first kappa shape index (κ1) is 20.5. The second-order valence-electron chi connectivity index (χ2n) is 6.68. The highest BCUT2D eigenvalue weighted by Gasteiger charge is 2.16. The second kappa shape index (κ2) is 9.76. The van der Waals surface area contributed by atoms with Gasteiger partial charge in [-0.1, -0.05) is 50.2 Å². The highest BCUT2D eigenvalue weighted by Crippen LogP contribution is 2.25. The highest BCUT2D eigenvalue weighted by atomic mass is 16.5. The Morgan fingerprint density at radius 1 is 1.04 bits per heavy atom. The number of nitrogens with zero attached hydrogens (tertiary/aromatic N) is 1. The summed E-state index contributed by atoms with van der Waals surface area (Å²) in [6.45, 7) is 5.11. The smallest absolute Gasteiger partial charge is 0.338 e. The molecule has 0 aliphatic heterocycles.